The van der Waals surface area contributed by atoms with Gasteiger partial charge in [-0.1, -0.05) is 56.5 Å². The molecular formula is C17H29NO. The summed E-state index contributed by atoms with van der Waals surface area (Å²) >= 11 is 0. The lowest BCUT2D eigenvalue weighted by Gasteiger charge is -2.24. The summed E-state index contributed by atoms with van der Waals surface area (Å²) in [4.78, 5) is 0. The van der Waals surface area contributed by atoms with Crippen molar-refractivity contribution in [3.63, 3.8) is 0 Å². The molecule has 1 aromatic carbocycles. The van der Waals surface area contributed by atoms with E-state index in [1.165, 1.54) is 31.2 Å². The molecule has 0 heterocycles. The predicted octanol–water partition coefficient (Wildman–Crippen LogP) is 4.32. The molecule has 0 aliphatic rings. The van der Waals surface area contributed by atoms with Gasteiger partial charge in [0.05, 0.1) is 0 Å². The minimum atomic E-state index is 0.472. The Bertz CT molecular complexity index is 312. The van der Waals surface area contributed by atoms with Crippen LogP contribution >= 0.6 is 0 Å². The Balaban J connectivity index is 2.54. The van der Waals surface area contributed by atoms with Gasteiger partial charge in [0.25, 0.3) is 0 Å². The second-order valence-corrected chi connectivity index (χ2v) is 5.31. The van der Waals surface area contributed by atoms with Crippen LogP contribution < -0.4 is 5.32 Å². The zero-order valence-electron chi connectivity index (χ0n) is 12.7. The largest absolute Gasteiger partial charge is 0.385 e. The summed E-state index contributed by atoms with van der Waals surface area (Å²) in [6, 6.07) is 11.8. The van der Waals surface area contributed by atoms with Gasteiger partial charge < -0.3 is 10.1 Å². The van der Waals surface area contributed by atoms with Crippen molar-refractivity contribution < 1.29 is 4.74 Å². The van der Waals surface area contributed by atoms with E-state index in [1.807, 2.05) is 0 Å². The fourth-order valence-electron chi connectivity index (χ4n) is 2.35. The lowest BCUT2D eigenvalue weighted by atomic mass is 9.99. The van der Waals surface area contributed by atoms with Crippen molar-refractivity contribution in [2.45, 2.75) is 58.0 Å². The number of nitrogens with one attached hydrogen (secondary N) is 1. The Labute approximate surface area is 118 Å². The van der Waals surface area contributed by atoms with E-state index in [1.54, 1.807) is 7.11 Å². The van der Waals surface area contributed by atoms with E-state index >= 15 is 0 Å². The molecule has 0 radical (unpaired) electrons. The molecule has 2 nitrogen and oxygen atoms in total. The van der Waals surface area contributed by atoms with Gasteiger partial charge in [-0.05, 0) is 25.3 Å². The van der Waals surface area contributed by atoms with E-state index in [9.17, 15) is 0 Å². The monoisotopic (exact) mass is 263 g/mol. The van der Waals surface area contributed by atoms with E-state index in [2.05, 4.69) is 49.5 Å². The van der Waals surface area contributed by atoms with Crippen molar-refractivity contribution in [1.29, 1.82) is 0 Å². The number of hydrogen-bond acceptors (Lipinski definition) is 2. The summed E-state index contributed by atoms with van der Waals surface area (Å²) in [5.41, 5.74) is 1.41. The maximum absolute atomic E-state index is 5.16. The number of methoxy groups -OCH3 is 1. The average molecular weight is 263 g/mol. The summed E-state index contributed by atoms with van der Waals surface area (Å²) < 4.78 is 5.16. The van der Waals surface area contributed by atoms with E-state index in [0.717, 1.165) is 13.0 Å². The van der Waals surface area contributed by atoms with Gasteiger partial charge in [0.1, 0.15) is 0 Å². The van der Waals surface area contributed by atoms with E-state index in [-0.39, 0.29) is 0 Å². The van der Waals surface area contributed by atoms with E-state index in [4.69, 9.17) is 4.74 Å². The standard InChI is InChI=1S/C17H29NO/c1-4-5-7-12-17(16-10-8-6-9-11-16)18-15(2)13-14-19-3/h6,8-11,15,17-18H,4-5,7,12-14H2,1-3H3. The number of hydrogen-bond donors (Lipinski definition) is 1. The van der Waals surface area contributed by atoms with Gasteiger partial charge in [-0.3, -0.25) is 0 Å². The molecule has 0 aromatic heterocycles. The average Bonchev–Trinajstić information content (AvgIpc) is 2.45. The van der Waals surface area contributed by atoms with Crippen LogP contribution in [0, 0.1) is 0 Å². The molecule has 0 saturated carbocycles. The van der Waals surface area contributed by atoms with Crippen LogP contribution in [0.2, 0.25) is 0 Å². The smallest absolute Gasteiger partial charge is 0.0476 e. The normalized spacial score (nSPS) is 14.3. The Morgan fingerprint density at radius 2 is 1.84 bits per heavy atom. The molecule has 1 rings (SSSR count). The third-order valence-electron chi connectivity index (χ3n) is 3.54. The topological polar surface area (TPSA) is 21.3 Å². The molecule has 1 N–H and O–H groups in total. The molecule has 0 fully saturated rings. The van der Waals surface area contributed by atoms with Crippen molar-refractivity contribution in [2.75, 3.05) is 13.7 Å². The molecule has 0 aliphatic heterocycles. The number of rotatable bonds is 10. The highest BCUT2D eigenvalue weighted by molar-refractivity contribution is 5.18. The predicted molar refractivity (Wildman–Crippen MR) is 82.4 cm³/mol. The molecule has 0 aliphatic carbocycles. The Morgan fingerprint density at radius 1 is 1.11 bits per heavy atom. The van der Waals surface area contributed by atoms with Crippen LogP contribution in [-0.2, 0) is 4.74 Å². The molecule has 0 bridgehead atoms. The highest BCUT2D eigenvalue weighted by Gasteiger charge is 2.13. The lowest BCUT2D eigenvalue weighted by molar-refractivity contribution is 0.182. The molecule has 0 saturated heterocycles. The molecule has 108 valence electrons. The number of unbranched alkanes of at least 4 members (excludes halogenated alkanes) is 2. The fourth-order valence-corrected chi connectivity index (χ4v) is 2.35. The maximum atomic E-state index is 5.16. The Hall–Kier alpha value is -0.860. The van der Waals surface area contributed by atoms with Crippen LogP contribution in [-0.4, -0.2) is 19.8 Å². The van der Waals surface area contributed by atoms with Gasteiger partial charge in [-0.25, -0.2) is 0 Å². The van der Waals surface area contributed by atoms with Crippen LogP contribution in [0.3, 0.4) is 0 Å². The van der Waals surface area contributed by atoms with Crippen molar-refractivity contribution >= 4 is 0 Å². The van der Waals surface area contributed by atoms with Crippen molar-refractivity contribution in [3.8, 4) is 0 Å². The Morgan fingerprint density at radius 3 is 2.47 bits per heavy atom. The van der Waals surface area contributed by atoms with E-state index in [0.29, 0.717) is 12.1 Å². The van der Waals surface area contributed by atoms with Gasteiger partial charge in [-0.15, -0.1) is 0 Å². The van der Waals surface area contributed by atoms with Crippen LogP contribution in [0.25, 0.3) is 0 Å². The summed E-state index contributed by atoms with van der Waals surface area (Å²) in [5, 5.41) is 3.75. The van der Waals surface area contributed by atoms with Gasteiger partial charge in [-0.2, -0.15) is 0 Å². The molecular weight excluding hydrogens is 234 g/mol. The minimum absolute atomic E-state index is 0.472. The quantitative estimate of drug-likeness (QED) is 0.635. The van der Waals surface area contributed by atoms with Gasteiger partial charge in [0, 0.05) is 25.8 Å². The second kappa shape index (κ2) is 9.99. The second-order valence-electron chi connectivity index (χ2n) is 5.31. The van der Waals surface area contributed by atoms with Crippen molar-refractivity contribution in [3.05, 3.63) is 35.9 Å². The Kier molecular flexibility index (Phi) is 8.52. The zero-order valence-corrected chi connectivity index (χ0v) is 12.7. The molecule has 1 aromatic rings. The third-order valence-corrected chi connectivity index (χ3v) is 3.54. The molecule has 0 spiro atoms. The first-order valence-electron chi connectivity index (χ1n) is 7.57. The SMILES string of the molecule is CCCCCC(NC(C)CCOC)c1ccccc1. The maximum Gasteiger partial charge on any atom is 0.0476 e. The van der Waals surface area contributed by atoms with Gasteiger partial charge in [0.2, 0.25) is 0 Å². The highest BCUT2D eigenvalue weighted by Crippen LogP contribution is 2.20. The molecule has 19 heavy (non-hydrogen) atoms. The first kappa shape index (κ1) is 16.2. The number of benzene rings is 1. The van der Waals surface area contributed by atoms with Crippen molar-refractivity contribution in [2.24, 2.45) is 0 Å². The van der Waals surface area contributed by atoms with Gasteiger partial charge >= 0.3 is 0 Å². The van der Waals surface area contributed by atoms with E-state index < -0.39 is 0 Å². The molecule has 2 unspecified atom stereocenters. The summed E-state index contributed by atoms with van der Waals surface area (Å²) in [7, 11) is 1.77. The van der Waals surface area contributed by atoms with Gasteiger partial charge in [0.15, 0.2) is 0 Å². The third kappa shape index (κ3) is 6.74. The van der Waals surface area contributed by atoms with Crippen LogP contribution in [0.4, 0.5) is 0 Å². The summed E-state index contributed by atoms with van der Waals surface area (Å²) in [5.74, 6) is 0. The van der Waals surface area contributed by atoms with Crippen molar-refractivity contribution in [1.82, 2.24) is 5.32 Å². The summed E-state index contributed by atoms with van der Waals surface area (Å²) in [6.07, 6.45) is 6.17. The molecule has 2 heteroatoms. The molecule has 0 amide bonds. The zero-order chi connectivity index (χ0) is 13.9. The number of ether oxygens (including phenoxy) is 1. The van der Waals surface area contributed by atoms with Crippen LogP contribution in [0.15, 0.2) is 30.3 Å². The van der Waals surface area contributed by atoms with Crippen LogP contribution in [0.1, 0.15) is 57.6 Å². The van der Waals surface area contributed by atoms with Crippen LogP contribution in [0.5, 0.6) is 0 Å². The lowest BCUT2D eigenvalue weighted by Crippen LogP contribution is -2.31. The first-order chi connectivity index (χ1) is 9.27. The first-order valence-corrected chi connectivity index (χ1v) is 7.57. The molecule has 2 atom stereocenters. The summed E-state index contributed by atoms with van der Waals surface area (Å²) in [6.45, 7) is 5.32. The fraction of sp³-hybridized carbons (Fsp3) is 0.647. The minimum Gasteiger partial charge on any atom is -0.385 e. The highest BCUT2D eigenvalue weighted by atomic mass is 16.5.